The third kappa shape index (κ3) is 2.63. The van der Waals surface area contributed by atoms with Crippen LogP contribution in [0.15, 0.2) is 42.6 Å². The number of likely N-dealkylation sites (tertiary alicyclic amines) is 1. The molecule has 1 saturated heterocycles. The summed E-state index contributed by atoms with van der Waals surface area (Å²) in [5.41, 5.74) is 1.59. The average Bonchev–Trinajstić information content (AvgIpc) is 3.11. The lowest BCUT2D eigenvalue weighted by Crippen LogP contribution is -2.31. The van der Waals surface area contributed by atoms with Crippen LogP contribution in [0.5, 0.6) is 11.5 Å². The monoisotopic (exact) mass is 310 g/mol. The zero-order valence-electron chi connectivity index (χ0n) is 12.8. The van der Waals surface area contributed by atoms with Gasteiger partial charge in [-0.25, -0.2) is 0 Å². The normalized spacial score (nSPS) is 19.7. The van der Waals surface area contributed by atoms with Crippen molar-refractivity contribution in [1.29, 1.82) is 0 Å². The van der Waals surface area contributed by atoms with Crippen molar-refractivity contribution in [2.24, 2.45) is 0 Å². The Kier molecular flexibility index (Phi) is 3.61. The molecule has 0 aliphatic carbocycles. The first kappa shape index (κ1) is 14.1. The molecule has 0 radical (unpaired) electrons. The van der Waals surface area contributed by atoms with Crippen LogP contribution < -0.4 is 9.47 Å². The Bertz CT molecular complexity index is 717. The molecule has 2 aliphatic heterocycles. The molecule has 4 rings (SSSR count). The van der Waals surface area contributed by atoms with E-state index in [0.717, 1.165) is 36.4 Å². The van der Waals surface area contributed by atoms with Gasteiger partial charge in [-0.1, -0.05) is 12.1 Å². The molecule has 1 amide bonds. The van der Waals surface area contributed by atoms with Crippen LogP contribution in [0.2, 0.25) is 0 Å². The largest absolute Gasteiger partial charge is 0.486 e. The van der Waals surface area contributed by atoms with Crippen LogP contribution in [-0.4, -0.2) is 35.5 Å². The van der Waals surface area contributed by atoms with Crippen molar-refractivity contribution in [2.45, 2.75) is 18.9 Å². The number of pyridine rings is 1. The summed E-state index contributed by atoms with van der Waals surface area (Å²) in [4.78, 5) is 18.8. The van der Waals surface area contributed by atoms with Gasteiger partial charge in [-0.05, 0) is 42.7 Å². The number of nitrogens with zero attached hydrogens (tertiary/aromatic N) is 2. The molecule has 2 aliphatic rings. The molecule has 1 atom stereocenters. The minimum Gasteiger partial charge on any atom is -0.486 e. The van der Waals surface area contributed by atoms with E-state index in [0.29, 0.717) is 18.9 Å². The third-order valence-corrected chi connectivity index (χ3v) is 4.35. The van der Waals surface area contributed by atoms with Crippen LogP contribution in [0.25, 0.3) is 0 Å². The standard InChI is InChI=1S/C18H18N2O3/c21-18(14-4-1-2-8-19-14)20-9-3-5-15(20)13-6-7-16-17(12-13)23-11-10-22-16/h1-2,4,6-8,12,15H,3,5,9-11H2/t15-/m0/s1. The molecule has 0 N–H and O–H groups in total. The topological polar surface area (TPSA) is 51.7 Å². The highest BCUT2D eigenvalue weighted by atomic mass is 16.6. The Morgan fingerprint density at radius 1 is 1.13 bits per heavy atom. The molecule has 5 heteroatoms. The van der Waals surface area contributed by atoms with Gasteiger partial charge in [0.25, 0.3) is 5.91 Å². The predicted octanol–water partition coefficient (Wildman–Crippen LogP) is 2.83. The molecular formula is C18H18N2O3. The van der Waals surface area contributed by atoms with E-state index in [4.69, 9.17) is 9.47 Å². The number of ether oxygens (including phenoxy) is 2. The summed E-state index contributed by atoms with van der Waals surface area (Å²) >= 11 is 0. The molecule has 1 aromatic heterocycles. The lowest BCUT2D eigenvalue weighted by atomic mass is 10.0. The number of amides is 1. The van der Waals surface area contributed by atoms with E-state index in [1.165, 1.54) is 0 Å². The lowest BCUT2D eigenvalue weighted by molar-refractivity contribution is 0.0729. The van der Waals surface area contributed by atoms with Crippen LogP contribution in [0.3, 0.4) is 0 Å². The summed E-state index contributed by atoms with van der Waals surface area (Å²) in [6, 6.07) is 11.5. The minimum atomic E-state index is -0.0111. The molecule has 0 unspecified atom stereocenters. The van der Waals surface area contributed by atoms with Crippen molar-refractivity contribution in [3.8, 4) is 11.5 Å². The average molecular weight is 310 g/mol. The Balaban J connectivity index is 1.62. The summed E-state index contributed by atoms with van der Waals surface area (Å²) < 4.78 is 11.2. The summed E-state index contributed by atoms with van der Waals surface area (Å²) in [6.07, 6.45) is 3.61. The Hall–Kier alpha value is -2.56. The second-order valence-electron chi connectivity index (χ2n) is 5.77. The van der Waals surface area contributed by atoms with E-state index in [1.807, 2.05) is 35.2 Å². The van der Waals surface area contributed by atoms with Crippen LogP contribution in [0.1, 0.15) is 34.9 Å². The lowest BCUT2D eigenvalue weighted by Gasteiger charge is -2.26. The molecule has 5 nitrogen and oxygen atoms in total. The molecule has 2 aromatic rings. The maximum absolute atomic E-state index is 12.7. The molecule has 3 heterocycles. The second kappa shape index (κ2) is 5.91. The van der Waals surface area contributed by atoms with Gasteiger partial charge in [0.2, 0.25) is 0 Å². The Morgan fingerprint density at radius 3 is 2.83 bits per heavy atom. The Labute approximate surface area is 134 Å². The molecule has 0 spiro atoms. The highest BCUT2D eigenvalue weighted by Crippen LogP contribution is 2.38. The smallest absolute Gasteiger partial charge is 0.272 e. The molecule has 1 aromatic carbocycles. The summed E-state index contributed by atoms with van der Waals surface area (Å²) in [5, 5.41) is 0. The van der Waals surface area contributed by atoms with Gasteiger partial charge in [0.15, 0.2) is 11.5 Å². The van der Waals surface area contributed by atoms with E-state index in [-0.39, 0.29) is 11.9 Å². The fourth-order valence-corrected chi connectivity index (χ4v) is 3.26. The van der Waals surface area contributed by atoms with E-state index < -0.39 is 0 Å². The third-order valence-electron chi connectivity index (χ3n) is 4.35. The van der Waals surface area contributed by atoms with E-state index in [1.54, 1.807) is 12.3 Å². The summed E-state index contributed by atoms with van der Waals surface area (Å²) in [7, 11) is 0. The van der Waals surface area contributed by atoms with Gasteiger partial charge in [0.05, 0.1) is 6.04 Å². The fraction of sp³-hybridized carbons (Fsp3) is 0.333. The first-order chi connectivity index (χ1) is 11.3. The molecule has 0 saturated carbocycles. The zero-order valence-corrected chi connectivity index (χ0v) is 12.8. The molecule has 1 fully saturated rings. The zero-order chi connectivity index (χ0) is 15.6. The second-order valence-corrected chi connectivity index (χ2v) is 5.77. The quantitative estimate of drug-likeness (QED) is 0.856. The number of hydrogen-bond acceptors (Lipinski definition) is 4. The van der Waals surface area contributed by atoms with E-state index in [2.05, 4.69) is 4.98 Å². The van der Waals surface area contributed by atoms with Gasteiger partial charge in [0.1, 0.15) is 18.9 Å². The number of aromatic nitrogens is 1. The molecule has 118 valence electrons. The predicted molar refractivity (Wildman–Crippen MR) is 84.7 cm³/mol. The van der Waals surface area contributed by atoms with Crippen LogP contribution in [-0.2, 0) is 0 Å². The van der Waals surface area contributed by atoms with Gasteiger partial charge < -0.3 is 14.4 Å². The first-order valence-electron chi connectivity index (χ1n) is 7.94. The number of carbonyl (C=O) groups excluding carboxylic acids is 1. The minimum absolute atomic E-state index is 0.0111. The summed E-state index contributed by atoms with van der Waals surface area (Å²) in [6.45, 7) is 1.91. The van der Waals surface area contributed by atoms with E-state index in [9.17, 15) is 4.79 Å². The van der Waals surface area contributed by atoms with Crippen LogP contribution >= 0.6 is 0 Å². The fourth-order valence-electron chi connectivity index (χ4n) is 3.26. The SMILES string of the molecule is O=C(c1ccccn1)N1CCC[C@H]1c1ccc2c(c1)OCCO2. The Morgan fingerprint density at radius 2 is 2.00 bits per heavy atom. The van der Waals surface area contributed by atoms with E-state index >= 15 is 0 Å². The number of carbonyl (C=O) groups is 1. The summed E-state index contributed by atoms with van der Waals surface area (Å²) in [5.74, 6) is 1.54. The van der Waals surface area contributed by atoms with Gasteiger partial charge in [-0.3, -0.25) is 9.78 Å². The van der Waals surface area contributed by atoms with Crippen LogP contribution in [0, 0.1) is 0 Å². The first-order valence-corrected chi connectivity index (χ1v) is 7.94. The van der Waals surface area contributed by atoms with Gasteiger partial charge in [-0.2, -0.15) is 0 Å². The maximum Gasteiger partial charge on any atom is 0.272 e. The number of rotatable bonds is 2. The van der Waals surface area contributed by atoms with Crippen molar-refractivity contribution >= 4 is 5.91 Å². The molecular weight excluding hydrogens is 292 g/mol. The van der Waals surface area contributed by atoms with Gasteiger partial charge in [-0.15, -0.1) is 0 Å². The molecule has 23 heavy (non-hydrogen) atoms. The van der Waals surface area contributed by atoms with Crippen molar-refractivity contribution in [1.82, 2.24) is 9.88 Å². The van der Waals surface area contributed by atoms with Crippen molar-refractivity contribution in [2.75, 3.05) is 19.8 Å². The van der Waals surface area contributed by atoms with Crippen LogP contribution in [0.4, 0.5) is 0 Å². The number of hydrogen-bond donors (Lipinski definition) is 0. The van der Waals surface area contributed by atoms with Gasteiger partial charge in [0, 0.05) is 12.7 Å². The highest BCUT2D eigenvalue weighted by Gasteiger charge is 2.31. The van der Waals surface area contributed by atoms with Crippen molar-refractivity contribution in [3.63, 3.8) is 0 Å². The number of benzene rings is 1. The van der Waals surface area contributed by atoms with Gasteiger partial charge >= 0.3 is 0 Å². The van der Waals surface area contributed by atoms with Crippen molar-refractivity contribution < 1.29 is 14.3 Å². The molecule has 0 bridgehead atoms. The van der Waals surface area contributed by atoms with Crippen molar-refractivity contribution in [3.05, 3.63) is 53.9 Å². The highest BCUT2D eigenvalue weighted by molar-refractivity contribution is 5.92. The number of fused-ring (bicyclic) bond motifs is 1. The maximum atomic E-state index is 12.7.